The van der Waals surface area contributed by atoms with Gasteiger partial charge in [0, 0.05) is 19.2 Å². The van der Waals surface area contributed by atoms with Crippen molar-refractivity contribution in [1.29, 1.82) is 0 Å². The van der Waals surface area contributed by atoms with Crippen LogP contribution in [-0.2, 0) is 0 Å². The van der Waals surface area contributed by atoms with Crippen molar-refractivity contribution >= 4 is 23.1 Å². The number of rotatable bonds is 4. The van der Waals surface area contributed by atoms with Crippen LogP contribution in [0.3, 0.4) is 0 Å². The van der Waals surface area contributed by atoms with Crippen LogP contribution < -0.4 is 4.90 Å². The van der Waals surface area contributed by atoms with Gasteiger partial charge in [0.05, 0.1) is 10.7 Å². The third kappa shape index (κ3) is 3.74. The third-order valence-electron chi connectivity index (χ3n) is 4.14. The molecule has 0 unspecified atom stereocenters. The topological polar surface area (TPSA) is 23.6 Å². The van der Waals surface area contributed by atoms with Gasteiger partial charge in [0.25, 0.3) is 0 Å². The van der Waals surface area contributed by atoms with Gasteiger partial charge in [-0.15, -0.1) is 0 Å². The van der Waals surface area contributed by atoms with Gasteiger partial charge < -0.3 is 9.80 Å². The van der Waals surface area contributed by atoms with Gasteiger partial charge in [0.2, 0.25) is 0 Å². The molecule has 0 N–H and O–H groups in total. The van der Waals surface area contributed by atoms with Crippen LogP contribution in [0, 0.1) is 5.92 Å². The third-order valence-corrected chi connectivity index (χ3v) is 4.44. The molecule has 0 bridgehead atoms. The number of carbonyl (C=O) groups excluding carboxylic acids is 1. The molecule has 0 amide bonds. The molecule has 0 spiro atoms. The Morgan fingerprint density at radius 3 is 2.60 bits per heavy atom. The van der Waals surface area contributed by atoms with E-state index in [0.29, 0.717) is 10.6 Å². The first-order chi connectivity index (χ1) is 9.47. The summed E-state index contributed by atoms with van der Waals surface area (Å²) < 4.78 is 0. The normalized spacial score (nSPS) is 17.2. The van der Waals surface area contributed by atoms with Gasteiger partial charge in [-0.2, -0.15) is 0 Å². The molecule has 2 rings (SSSR count). The summed E-state index contributed by atoms with van der Waals surface area (Å²) >= 11 is 6.31. The van der Waals surface area contributed by atoms with E-state index in [1.807, 2.05) is 12.1 Å². The van der Waals surface area contributed by atoms with Gasteiger partial charge >= 0.3 is 0 Å². The number of hydrogen-bond acceptors (Lipinski definition) is 3. The summed E-state index contributed by atoms with van der Waals surface area (Å²) in [5.74, 6) is 0.774. The van der Waals surface area contributed by atoms with Crippen molar-refractivity contribution in [1.82, 2.24) is 4.90 Å². The largest absolute Gasteiger partial charge is 0.373 e. The summed E-state index contributed by atoms with van der Waals surface area (Å²) in [6.45, 7) is 4.94. The van der Waals surface area contributed by atoms with Crippen molar-refractivity contribution in [2.75, 3.05) is 38.6 Å². The van der Waals surface area contributed by atoms with Crippen LogP contribution in [0.4, 0.5) is 5.69 Å². The standard InChI is InChI=1S/C16H23ClN2O/c1-12(20)14-4-5-16(15(17)10-14)19(3)11-13-6-8-18(2)9-7-13/h4-5,10,13H,6-9,11H2,1-3H3. The Labute approximate surface area is 126 Å². The van der Waals surface area contributed by atoms with Crippen LogP contribution in [0.5, 0.6) is 0 Å². The van der Waals surface area contributed by atoms with E-state index in [1.165, 1.54) is 25.9 Å². The van der Waals surface area contributed by atoms with E-state index in [4.69, 9.17) is 11.6 Å². The number of likely N-dealkylation sites (tertiary alicyclic amines) is 1. The predicted octanol–water partition coefficient (Wildman–Crippen LogP) is 3.32. The zero-order valence-corrected chi connectivity index (χ0v) is 13.3. The molecule has 0 saturated carbocycles. The molecule has 0 aromatic heterocycles. The fourth-order valence-electron chi connectivity index (χ4n) is 2.77. The molecule has 1 heterocycles. The van der Waals surface area contributed by atoms with E-state index in [-0.39, 0.29) is 5.78 Å². The van der Waals surface area contributed by atoms with Gasteiger partial charge in [-0.05, 0) is 64.0 Å². The van der Waals surface area contributed by atoms with E-state index in [2.05, 4.69) is 23.9 Å². The summed E-state index contributed by atoms with van der Waals surface area (Å²) in [6, 6.07) is 5.58. The van der Waals surface area contributed by atoms with Gasteiger partial charge in [-0.3, -0.25) is 4.79 Å². The van der Waals surface area contributed by atoms with E-state index < -0.39 is 0 Å². The fourth-order valence-corrected chi connectivity index (χ4v) is 3.09. The molecular formula is C16H23ClN2O. The highest BCUT2D eigenvalue weighted by molar-refractivity contribution is 6.33. The number of Topliss-reactive ketones (excluding diaryl/α,β-unsaturated/α-hetero) is 1. The summed E-state index contributed by atoms with van der Waals surface area (Å²) in [6.07, 6.45) is 2.48. The minimum Gasteiger partial charge on any atom is -0.373 e. The number of halogens is 1. The van der Waals surface area contributed by atoms with Crippen LogP contribution >= 0.6 is 11.6 Å². The Balaban J connectivity index is 2.02. The second-order valence-corrected chi connectivity index (χ2v) is 6.26. The number of anilines is 1. The molecular weight excluding hydrogens is 272 g/mol. The molecule has 3 nitrogen and oxygen atoms in total. The molecule has 1 aromatic rings. The number of carbonyl (C=O) groups is 1. The fraction of sp³-hybridized carbons (Fsp3) is 0.562. The van der Waals surface area contributed by atoms with Gasteiger partial charge in [0.1, 0.15) is 0 Å². The van der Waals surface area contributed by atoms with Crippen molar-refractivity contribution in [3.8, 4) is 0 Å². The number of benzene rings is 1. The Morgan fingerprint density at radius 1 is 1.40 bits per heavy atom. The Kier molecular flexibility index (Phi) is 5.06. The molecule has 0 radical (unpaired) electrons. The van der Waals surface area contributed by atoms with Crippen LogP contribution in [0.25, 0.3) is 0 Å². The lowest BCUT2D eigenvalue weighted by atomic mass is 9.96. The van der Waals surface area contributed by atoms with E-state index in [0.717, 1.165) is 18.2 Å². The van der Waals surface area contributed by atoms with Crippen LogP contribution in [0.1, 0.15) is 30.1 Å². The highest BCUT2D eigenvalue weighted by Crippen LogP contribution is 2.28. The first-order valence-electron chi connectivity index (χ1n) is 7.17. The Hall–Kier alpha value is -1.06. The number of hydrogen-bond donors (Lipinski definition) is 0. The molecule has 1 fully saturated rings. The summed E-state index contributed by atoms with van der Waals surface area (Å²) in [5.41, 5.74) is 1.68. The summed E-state index contributed by atoms with van der Waals surface area (Å²) in [4.78, 5) is 15.9. The first kappa shape index (κ1) is 15.3. The van der Waals surface area contributed by atoms with Gasteiger partial charge in [0.15, 0.2) is 5.78 Å². The van der Waals surface area contributed by atoms with E-state index in [1.54, 1.807) is 13.0 Å². The zero-order chi connectivity index (χ0) is 14.7. The monoisotopic (exact) mass is 294 g/mol. The maximum Gasteiger partial charge on any atom is 0.159 e. The van der Waals surface area contributed by atoms with Crippen molar-refractivity contribution in [3.63, 3.8) is 0 Å². The first-order valence-corrected chi connectivity index (χ1v) is 7.55. The lowest BCUT2D eigenvalue weighted by Crippen LogP contribution is -2.35. The van der Waals surface area contributed by atoms with E-state index >= 15 is 0 Å². The van der Waals surface area contributed by atoms with Crippen LogP contribution in [0.15, 0.2) is 18.2 Å². The number of nitrogens with zero attached hydrogens (tertiary/aromatic N) is 2. The second-order valence-electron chi connectivity index (χ2n) is 5.85. The number of piperidine rings is 1. The predicted molar refractivity (Wildman–Crippen MR) is 84.9 cm³/mol. The minimum absolute atomic E-state index is 0.0522. The van der Waals surface area contributed by atoms with Crippen LogP contribution in [-0.4, -0.2) is 44.4 Å². The lowest BCUT2D eigenvalue weighted by molar-refractivity contribution is 0.101. The molecule has 1 aliphatic heterocycles. The molecule has 1 aromatic carbocycles. The second kappa shape index (κ2) is 6.59. The maximum absolute atomic E-state index is 11.3. The molecule has 110 valence electrons. The summed E-state index contributed by atoms with van der Waals surface area (Å²) in [5, 5.41) is 0.660. The molecule has 0 atom stereocenters. The van der Waals surface area contributed by atoms with Crippen LogP contribution in [0.2, 0.25) is 5.02 Å². The Bertz CT molecular complexity index is 481. The van der Waals surface area contributed by atoms with Crippen molar-refractivity contribution in [3.05, 3.63) is 28.8 Å². The molecule has 1 aliphatic rings. The van der Waals surface area contributed by atoms with Crippen molar-refractivity contribution < 1.29 is 4.79 Å². The molecule has 1 saturated heterocycles. The smallest absolute Gasteiger partial charge is 0.159 e. The number of ketones is 1. The average molecular weight is 295 g/mol. The van der Waals surface area contributed by atoms with Crippen molar-refractivity contribution in [2.24, 2.45) is 5.92 Å². The Morgan fingerprint density at radius 2 is 2.05 bits per heavy atom. The summed E-state index contributed by atoms with van der Waals surface area (Å²) in [7, 11) is 4.25. The van der Waals surface area contributed by atoms with E-state index in [9.17, 15) is 4.79 Å². The lowest BCUT2D eigenvalue weighted by Gasteiger charge is -2.32. The maximum atomic E-state index is 11.3. The zero-order valence-electron chi connectivity index (χ0n) is 12.5. The molecule has 0 aliphatic carbocycles. The molecule has 20 heavy (non-hydrogen) atoms. The molecule has 4 heteroatoms. The van der Waals surface area contributed by atoms with Gasteiger partial charge in [-0.25, -0.2) is 0 Å². The minimum atomic E-state index is 0.0522. The van der Waals surface area contributed by atoms with Gasteiger partial charge in [-0.1, -0.05) is 11.6 Å². The average Bonchev–Trinajstić information content (AvgIpc) is 2.41. The van der Waals surface area contributed by atoms with Crippen molar-refractivity contribution in [2.45, 2.75) is 19.8 Å². The quantitative estimate of drug-likeness (QED) is 0.796. The highest BCUT2D eigenvalue weighted by Gasteiger charge is 2.19. The SMILES string of the molecule is CC(=O)c1ccc(N(C)CC2CCN(C)CC2)c(Cl)c1. The highest BCUT2D eigenvalue weighted by atomic mass is 35.5.